The van der Waals surface area contributed by atoms with E-state index in [1.807, 2.05) is 55.5 Å². The zero-order chi connectivity index (χ0) is 16.1. The van der Waals surface area contributed by atoms with Crippen molar-refractivity contribution in [1.82, 2.24) is 0 Å². The van der Waals surface area contributed by atoms with Gasteiger partial charge in [-0.3, -0.25) is 4.79 Å². The average Bonchev–Trinajstić information content (AvgIpc) is 2.57. The quantitative estimate of drug-likeness (QED) is 0.758. The van der Waals surface area contributed by atoms with E-state index in [0.717, 1.165) is 10.9 Å². The second kappa shape index (κ2) is 6.97. The molecule has 3 aromatic carbocycles. The summed E-state index contributed by atoms with van der Waals surface area (Å²) in [6, 6.07) is 21.7. The minimum absolute atomic E-state index is 0.0487. The van der Waals surface area contributed by atoms with Crippen molar-refractivity contribution in [2.45, 2.75) is 13.3 Å². The third kappa shape index (κ3) is 3.69. The van der Waals surface area contributed by atoms with Gasteiger partial charge in [-0.2, -0.15) is 0 Å². The van der Waals surface area contributed by atoms with Crippen LogP contribution < -0.4 is 10.1 Å². The highest BCUT2D eigenvalue weighted by Crippen LogP contribution is 2.24. The molecule has 0 spiro atoms. The Morgan fingerprint density at radius 3 is 2.52 bits per heavy atom. The van der Waals surface area contributed by atoms with E-state index in [-0.39, 0.29) is 5.91 Å². The number of hydrogen-bond donors (Lipinski definition) is 1. The highest BCUT2D eigenvalue weighted by Gasteiger charge is 2.08. The molecule has 0 bridgehead atoms. The topological polar surface area (TPSA) is 38.3 Å². The maximum Gasteiger partial charge on any atom is 0.228 e. The van der Waals surface area contributed by atoms with Gasteiger partial charge in [0.25, 0.3) is 0 Å². The molecule has 116 valence electrons. The Morgan fingerprint density at radius 1 is 0.957 bits per heavy atom. The van der Waals surface area contributed by atoms with Gasteiger partial charge in [0.05, 0.1) is 18.7 Å². The van der Waals surface area contributed by atoms with Gasteiger partial charge in [-0.05, 0) is 35.4 Å². The second-order valence-electron chi connectivity index (χ2n) is 5.34. The number of para-hydroxylation sites is 2. The van der Waals surface area contributed by atoms with Crippen molar-refractivity contribution >= 4 is 22.4 Å². The zero-order valence-electron chi connectivity index (χ0n) is 13.1. The predicted molar refractivity (Wildman–Crippen MR) is 93.9 cm³/mol. The molecule has 0 heterocycles. The summed E-state index contributed by atoms with van der Waals surface area (Å²) in [7, 11) is 0. The van der Waals surface area contributed by atoms with Crippen molar-refractivity contribution < 1.29 is 9.53 Å². The summed E-state index contributed by atoms with van der Waals surface area (Å²) in [5.74, 6) is 0.647. The van der Waals surface area contributed by atoms with Crippen molar-refractivity contribution in [3.05, 3.63) is 72.3 Å². The van der Waals surface area contributed by atoms with Crippen LogP contribution in [0.15, 0.2) is 66.7 Å². The maximum absolute atomic E-state index is 12.3. The Bertz CT molecular complexity index is 826. The summed E-state index contributed by atoms with van der Waals surface area (Å²) < 4.78 is 5.53. The minimum atomic E-state index is -0.0487. The number of benzene rings is 3. The predicted octanol–water partition coefficient (Wildman–Crippen LogP) is 4.42. The molecule has 3 rings (SSSR count). The van der Waals surface area contributed by atoms with Gasteiger partial charge in [0.2, 0.25) is 5.91 Å². The minimum Gasteiger partial charge on any atom is -0.492 e. The number of amides is 1. The summed E-state index contributed by atoms with van der Waals surface area (Å²) in [6.45, 7) is 2.49. The van der Waals surface area contributed by atoms with Gasteiger partial charge in [-0.15, -0.1) is 0 Å². The highest BCUT2D eigenvalue weighted by atomic mass is 16.5. The first kappa shape index (κ1) is 15.1. The average molecular weight is 305 g/mol. The van der Waals surface area contributed by atoms with Crippen LogP contribution in [0.5, 0.6) is 5.75 Å². The Hall–Kier alpha value is -2.81. The van der Waals surface area contributed by atoms with E-state index in [1.54, 1.807) is 0 Å². The molecule has 3 nitrogen and oxygen atoms in total. The molecular formula is C20H19NO2. The van der Waals surface area contributed by atoms with Crippen LogP contribution in [0.3, 0.4) is 0 Å². The van der Waals surface area contributed by atoms with Crippen LogP contribution in [-0.2, 0) is 11.2 Å². The normalized spacial score (nSPS) is 10.5. The second-order valence-corrected chi connectivity index (χ2v) is 5.34. The first-order valence-electron chi connectivity index (χ1n) is 7.75. The largest absolute Gasteiger partial charge is 0.492 e. The van der Waals surface area contributed by atoms with Crippen LogP contribution in [-0.4, -0.2) is 12.5 Å². The highest BCUT2D eigenvalue weighted by molar-refractivity contribution is 5.94. The molecule has 0 fully saturated rings. The van der Waals surface area contributed by atoms with Crippen LogP contribution in [0, 0.1) is 0 Å². The summed E-state index contributed by atoms with van der Waals surface area (Å²) >= 11 is 0. The number of rotatable bonds is 5. The van der Waals surface area contributed by atoms with Gasteiger partial charge in [0, 0.05) is 0 Å². The molecule has 0 atom stereocenters. The lowest BCUT2D eigenvalue weighted by molar-refractivity contribution is -0.115. The third-order valence-corrected chi connectivity index (χ3v) is 3.64. The van der Waals surface area contributed by atoms with Gasteiger partial charge < -0.3 is 10.1 Å². The van der Waals surface area contributed by atoms with Crippen molar-refractivity contribution in [1.29, 1.82) is 0 Å². The molecule has 1 N–H and O–H groups in total. The Morgan fingerprint density at radius 2 is 1.70 bits per heavy atom. The molecule has 0 radical (unpaired) electrons. The molecule has 0 aliphatic heterocycles. The van der Waals surface area contributed by atoms with Gasteiger partial charge in [-0.1, -0.05) is 54.6 Å². The van der Waals surface area contributed by atoms with Crippen molar-refractivity contribution in [2.75, 3.05) is 11.9 Å². The van der Waals surface area contributed by atoms with E-state index < -0.39 is 0 Å². The molecule has 0 unspecified atom stereocenters. The van der Waals surface area contributed by atoms with Gasteiger partial charge in [0.15, 0.2) is 0 Å². The monoisotopic (exact) mass is 305 g/mol. The van der Waals surface area contributed by atoms with Crippen molar-refractivity contribution in [2.24, 2.45) is 0 Å². The Kier molecular flexibility index (Phi) is 4.57. The summed E-state index contributed by atoms with van der Waals surface area (Å²) in [5.41, 5.74) is 1.70. The lowest BCUT2D eigenvalue weighted by Crippen LogP contribution is -2.15. The van der Waals surface area contributed by atoms with E-state index in [1.165, 1.54) is 5.39 Å². The number of nitrogens with one attached hydrogen (secondary N) is 1. The molecular weight excluding hydrogens is 286 g/mol. The number of anilines is 1. The summed E-state index contributed by atoms with van der Waals surface area (Å²) in [6.07, 6.45) is 0.339. The molecule has 1 amide bonds. The maximum atomic E-state index is 12.3. The van der Waals surface area contributed by atoms with Crippen LogP contribution >= 0.6 is 0 Å². The van der Waals surface area contributed by atoms with Crippen LogP contribution in [0.25, 0.3) is 10.8 Å². The van der Waals surface area contributed by atoms with E-state index in [2.05, 4.69) is 23.5 Å². The van der Waals surface area contributed by atoms with E-state index in [9.17, 15) is 4.79 Å². The number of carbonyl (C=O) groups is 1. The van der Waals surface area contributed by atoms with Crippen molar-refractivity contribution in [3.8, 4) is 5.75 Å². The molecule has 0 aliphatic carbocycles. The third-order valence-electron chi connectivity index (χ3n) is 3.64. The molecule has 0 aromatic heterocycles. The zero-order valence-corrected chi connectivity index (χ0v) is 13.1. The standard InChI is InChI=1S/C20H19NO2/c1-2-23-19-10-6-5-9-18(19)21-20(22)14-15-11-12-16-7-3-4-8-17(16)13-15/h3-13H,2,14H2,1H3,(H,21,22). The number of fused-ring (bicyclic) bond motifs is 1. The fraction of sp³-hybridized carbons (Fsp3) is 0.150. The van der Waals surface area contributed by atoms with E-state index in [0.29, 0.717) is 24.5 Å². The first-order chi connectivity index (χ1) is 11.3. The fourth-order valence-electron chi connectivity index (χ4n) is 2.58. The number of hydrogen-bond acceptors (Lipinski definition) is 2. The molecule has 0 saturated heterocycles. The van der Waals surface area contributed by atoms with Crippen LogP contribution in [0.1, 0.15) is 12.5 Å². The molecule has 0 saturated carbocycles. The van der Waals surface area contributed by atoms with E-state index >= 15 is 0 Å². The van der Waals surface area contributed by atoms with Crippen LogP contribution in [0.2, 0.25) is 0 Å². The Labute approximate surface area is 135 Å². The molecule has 23 heavy (non-hydrogen) atoms. The molecule has 3 aromatic rings. The lowest BCUT2D eigenvalue weighted by Gasteiger charge is -2.11. The van der Waals surface area contributed by atoms with Gasteiger partial charge in [-0.25, -0.2) is 0 Å². The summed E-state index contributed by atoms with van der Waals surface area (Å²) in [4.78, 5) is 12.3. The molecule has 0 aliphatic rings. The van der Waals surface area contributed by atoms with Crippen molar-refractivity contribution in [3.63, 3.8) is 0 Å². The summed E-state index contributed by atoms with van der Waals surface area (Å²) in [5, 5.41) is 5.25. The smallest absolute Gasteiger partial charge is 0.228 e. The Balaban J connectivity index is 1.73. The van der Waals surface area contributed by atoms with Gasteiger partial charge >= 0.3 is 0 Å². The first-order valence-corrected chi connectivity index (χ1v) is 7.75. The SMILES string of the molecule is CCOc1ccccc1NC(=O)Cc1ccc2ccccc2c1. The number of carbonyl (C=O) groups excluding carboxylic acids is 1. The van der Waals surface area contributed by atoms with E-state index in [4.69, 9.17) is 4.74 Å². The van der Waals surface area contributed by atoms with Gasteiger partial charge in [0.1, 0.15) is 5.75 Å². The van der Waals surface area contributed by atoms with Crippen LogP contribution in [0.4, 0.5) is 5.69 Å². The number of ether oxygens (including phenoxy) is 1. The fourth-order valence-corrected chi connectivity index (χ4v) is 2.58. The lowest BCUT2D eigenvalue weighted by atomic mass is 10.0. The molecule has 3 heteroatoms.